The van der Waals surface area contributed by atoms with E-state index in [4.69, 9.17) is 4.98 Å². The highest BCUT2D eigenvalue weighted by molar-refractivity contribution is 14.1. The van der Waals surface area contributed by atoms with Gasteiger partial charge in [0.1, 0.15) is 5.75 Å². The number of phenolic OH excluding ortho intramolecular Hbond substituents is 1. The van der Waals surface area contributed by atoms with Gasteiger partial charge in [-0.25, -0.2) is 4.98 Å². The van der Waals surface area contributed by atoms with Crippen LogP contribution in [0.3, 0.4) is 0 Å². The number of nitrogens with zero attached hydrogens (tertiary/aromatic N) is 4. The summed E-state index contributed by atoms with van der Waals surface area (Å²) in [6.45, 7) is 5.10. The van der Waals surface area contributed by atoms with Gasteiger partial charge in [-0.1, -0.05) is 30.3 Å². The van der Waals surface area contributed by atoms with Gasteiger partial charge in [-0.15, -0.1) is 0 Å². The molecule has 2 aromatic heterocycles. The fraction of sp³-hybridized carbons (Fsp3) is 0.292. The Labute approximate surface area is 206 Å². The molecule has 4 aromatic rings. The third kappa shape index (κ3) is 6.11. The highest BCUT2D eigenvalue weighted by atomic mass is 127. The first-order chi connectivity index (χ1) is 15.8. The lowest BCUT2D eigenvalue weighted by atomic mass is 10.1. The summed E-state index contributed by atoms with van der Waals surface area (Å²) in [5, 5.41) is 26.8. The minimum absolute atomic E-state index is 0.228. The summed E-state index contributed by atoms with van der Waals surface area (Å²) in [5.74, 6) is 1.26. The summed E-state index contributed by atoms with van der Waals surface area (Å²) >= 11 is 2.22. The average Bonchev–Trinajstić information content (AvgIpc) is 3.17. The molecule has 0 bridgehead atoms. The Morgan fingerprint density at radius 2 is 1.85 bits per heavy atom. The van der Waals surface area contributed by atoms with Gasteiger partial charge in [0.25, 0.3) is 0 Å². The van der Waals surface area contributed by atoms with Crippen LogP contribution in [0.5, 0.6) is 5.75 Å². The molecule has 33 heavy (non-hydrogen) atoms. The molecule has 2 aromatic carbocycles. The predicted molar refractivity (Wildman–Crippen MR) is 138 cm³/mol. The molecule has 0 aliphatic rings. The predicted octanol–water partition coefficient (Wildman–Crippen LogP) is 4.37. The lowest BCUT2D eigenvalue weighted by Crippen LogP contribution is -2.23. The number of nitrogens with one attached hydrogen (secondary N) is 2. The van der Waals surface area contributed by atoms with E-state index in [9.17, 15) is 10.2 Å². The number of rotatable bonds is 9. The molecule has 4 rings (SSSR count). The summed E-state index contributed by atoms with van der Waals surface area (Å²) in [7, 11) is 0. The molecule has 0 aliphatic carbocycles. The normalized spacial score (nSPS) is 11.6. The molecular weight excluding hydrogens is 531 g/mol. The zero-order valence-corrected chi connectivity index (χ0v) is 20.7. The van der Waals surface area contributed by atoms with Gasteiger partial charge in [0.2, 0.25) is 5.95 Å². The van der Waals surface area contributed by atoms with Crippen molar-refractivity contribution in [3.8, 4) is 5.75 Å². The number of halogens is 1. The van der Waals surface area contributed by atoms with E-state index in [1.54, 1.807) is 26.2 Å². The van der Waals surface area contributed by atoms with Gasteiger partial charge in [-0.3, -0.25) is 0 Å². The summed E-state index contributed by atoms with van der Waals surface area (Å²) in [5.41, 5.74) is 2.49. The van der Waals surface area contributed by atoms with Crippen molar-refractivity contribution in [3.63, 3.8) is 0 Å². The second-order valence-corrected chi connectivity index (χ2v) is 9.79. The number of fused-ring (bicyclic) bond motifs is 1. The van der Waals surface area contributed by atoms with Crippen molar-refractivity contribution in [2.45, 2.75) is 39.0 Å². The fourth-order valence-electron chi connectivity index (χ4n) is 3.40. The van der Waals surface area contributed by atoms with Crippen molar-refractivity contribution in [3.05, 3.63) is 69.6 Å². The van der Waals surface area contributed by atoms with Crippen molar-refractivity contribution >= 4 is 45.5 Å². The SMILES string of the molecule is CC(C)(O)CCNc1nc(NCc2cc(I)ccc2O)c2ncn(Cc3ccccc3)c2n1. The molecule has 2 heterocycles. The summed E-state index contributed by atoms with van der Waals surface area (Å²) in [4.78, 5) is 13.9. The summed E-state index contributed by atoms with van der Waals surface area (Å²) < 4.78 is 3.03. The number of imidazole rings is 1. The molecule has 9 heteroatoms. The number of benzene rings is 2. The van der Waals surface area contributed by atoms with Gasteiger partial charge < -0.3 is 25.4 Å². The number of aromatic hydroxyl groups is 1. The average molecular weight is 558 g/mol. The zero-order chi connectivity index (χ0) is 23.4. The monoisotopic (exact) mass is 558 g/mol. The van der Waals surface area contributed by atoms with Crippen molar-refractivity contribution < 1.29 is 10.2 Å². The van der Waals surface area contributed by atoms with Gasteiger partial charge in [0.15, 0.2) is 17.0 Å². The smallest absolute Gasteiger partial charge is 0.226 e. The molecule has 0 aliphatic heterocycles. The van der Waals surface area contributed by atoms with E-state index in [1.165, 1.54) is 0 Å². The molecule has 8 nitrogen and oxygen atoms in total. The third-order valence-corrected chi connectivity index (χ3v) is 5.84. The zero-order valence-electron chi connectivity index (χ0n) is 18.6. The molecule has 0 saturated heterocycles. The Kier molecular flexibility index (Phi) is 6.99. The number of aliphatic hydroxyl groups is 1. The lowest BCUT2D eigenvalue weighted by Gasteiger charge is -2.17. The van der Waals surface area contributed by atoms with Crippen LogP contribution < -0.4 is 10.6 Å². The van der Waals surface area contributed by atoms with Crippen LogP contribution in [-0.4, -0.2) is 41.9 Å². The van der Waals surface area contributed by atoms with E-state index < -0.39 is 5.60 Å². The summed E-state index contributed by atoms with van der Waals surface area (Å²) in [6.07, 6.45) is 2.32. The maximum Gasteiger partial charge on any atom is 0.226 e. The van der Waals surface area contributed by atoms with Crippen LogP contribution in [0, 0.1) is 3.57 Å². The van der Waals surface area contributed by atoms with Crippen molar-refractivity contribution in [1.82, 2.24) is 19.5 Å². The van der Waals surface area contributed by atoms with Crippen LogP contribution in [-0.2, 0) is 13.1 Å². The van der Waals surface area contributed by atoms with Crippen molar-refractivity contribution in [2.75, 3.05) is 17.2 Å². The Balaban J connectivity index is 1.65. The summed E-state index contributed by atoms with van der Waals surface area (Å²) in [6, 6.07) is 15.6. The van der Waals surface area contributed by atoms with Crippen molar-refractivity contribution in [2.24, 2.45) is 0 Å². The third-order valence-electron chi connectivity index (χ3n) is 5.17. The van der Waals surface area contributed by atoms with E-state index in [0.29, 0.717) is 49.0 Å². The van der Waals surface area contributed by atoms with E-state index in [0.717, 1.165) is 14.7 Å². The van der Waals surface area contributed by atoms with Crippen LogP contribution >= 0.6 is 22.6 Å². The second-order valence-electron chi connectivity index (χ2n) is 8.54. The van der Waals surface area contributed by atoms with Gasteiger partial charge >= 0.3 is 0 Å². The molecule has 0 fully saturated rings. The minimum Gasteiger partial charge on any atom is -0.508 e. The molecule has 0 saturated carbocycles. The molecule has 0 unspecified atom stereocenters. The van der Waals surface area contributed by atoms with Crippen LogP contribution in [0.25, 0.3) is 11.2 Å². The van der Waals surface area contributed by atoms with E-state index in [1.807, 2.05) is 34.9 Å². The molecule has 0 atom stereocenters. The second kappa shape index (κ2) is 9.92. The van der Waals surface area contributed by atoms with Crippen molar-refractivity contribution in [1.29, 1.82) is 0 Å². The molecule has 4 N–H and O–H groups in total. The lowest BCUT2D eigenvalue weighted by molar-refractivity contribution is 0.0748. The van der Waals surface area contributed by atoms with Gasteiger partial charge in [0, 0.05) is 22.2 Å². The van der Waals surface area contributed by atoms with Gasteiger partial charge in [0.05, 0.1) is 18.5 Å². The first kappa shape index (κ1) is 23.2. The van der Waals surface area contributed by atoms with Crippen LogP contribution in [0.2, 0.25) is 0 Å². The largest absolute Gasteiger partial charge is 0.508 e. The minimum atomic E-state index is -0.782. The van der Waals surface area contributed by atoms with Crippen LogP contribution in [0.15, 0.2) is 54.9 Å². The molecule has 0 amide bonds. The Morgan fingerprint density at radius 1 is 1.06 bits per heavy atom. The molecule has 0 spiro atoms. The first-order valence-electron chi connectivity index (χ1n) is 10.7. The maximum absolute atomic E-state index is 10.2. The van der Waals surface area contributed by atoms with E-state index >= 15 is 0 Å². The topological polar surface area (TPSA) is 108 Å². The number of hydrogen-bond acceptors (Lipinski definition) is 7. The molecular formula is C24H27IN6O2. The van der Waals surface area contributed by atoms with Crippen LogP contribution in [0.4, 0.5) is 11.8 Å². The highest BCUT2D eigenvalue weighted by Gasteiger charge is 2.16. The van der Waals surface area contributed by atoms with E-state index in [2.05, 4.69) is 55.3 Å². The van der Waals surface area contributed by atoms with Gasteiger partial charge in [-0.2, -0.15) is 9.97 Å². The fourth-order valence-corrected chi connectivity index (χ4v) is 3.95. The van der Waals surface area contributed by atoms with E-state index in [-0.39, 0.29) is 5.75 Å². The highest BCUT2D eigenvalue weighted by Crippen LogP contribution is 2.25. The number of anilines is 2. The quantitative estimate of drug-likeness (QED) is 0.226. The number of hydrogen-bond donors (Lipinski definition) is 4. The Morgan fingerprint density at radius 3 is 2.61 bits per heavy atom. The Hall–Kier alpha value is -2.92. The van der Waals surface area contributed by atoms with Gasteiger partial charge in [-0.05, 0) is 66.6 Å². The maximum atomic E-state index is 10.2. The number of aromatic nitrogens is 4. The standard InChI is InChI=1S/C24H27IN6O2/c1-24(2,33)10-11-26-23-29-21(27-13-17-12-18(25)8-9-19(17)32)20-22(30-23)31(15-28-20)14-16-6-4-3-5-7-16/h3-9,12,15,32-33H,10-11,13-14H2,1-2H3,(H2,26,27,29,30). The number of phenols is 1. The molecule has 172 valence electrons. The Bertz CT molecular complexity index is 1240. The van der Waals surface area contributed by atoms with Crippen LogP contribution in [0.1, 0.15) is 31.4 Å². The molecule has 0 radical (unpaired) electrons. The first-order valence-corrected chi connectivity index (χ1v) is 11.8.